The number of nitrogens with zero attached hydrogens (tertiary/aromatic N) is 3. The van der Waals surface area contributed by atoms with Crippen LogP contribution < -0.4 is 14.8 Å². The molecule has 0 aliphatic carbocycles. The minimum Gasteiger partial charge on any atom is -0.493 e. The van der Waals surface area contributed by atoms with Crippen molar-refractivity contribution >= 4 is 39.3 Å². The number of aromatic nitrogens is 3. The largest absolute Gasteiger partial charge is 0.493 e. The predicted octanol–water partition coefficient (Wildman–Crippen LogP) is 4.40. The second kappa shape index (κ2) is 10.5. The molecule has 9 heteroatoms. The number of carbonyl (C=O) groups excluding carboxylic acids is 1. The zero-order valence-electron chi connectivity index (χ0n) is 17.0. The Morgan fingerprint density at radius 1 is 1.10 bits per heavy atom. The van der Waals surface area contributed by atoms with Gasteiger partial charge < -0.3 is 19.4 Å². The molecule has 0 radical (unpaired) electrons. The molecule has 7 nitrogen and oxygen atoms in total. The van der Waals surface area contributed by atoms with E-state index in [0.717, 1.165) is 26.7 Å². The van der Waals surface area contributed by atoms with E-state index in [2.05, 4.69) is 31.4 Å². The Bertz CT molecular complexity index is 1010. The molecule has 1 N–H and O–H groups in total. The van der Waals surface area contributed by atoms with Crippen molar-refractivity contribution in [2.45, 2.75) is 25.0 Å². The van der Waals surface area contributed by atoms with Crippen LogP contribution in [0, 0.1) is 0 Å². The molecule has 0 aliphatic heterocycles. The SMILES string of the molecule is CCn1c(Cc2ccc(OC)c(OC)c2)nnc1SCC(=O)Nc1ccc(Br)cc1. The lowest BCUT2D eigenvalue weighted by molar-refractivity contribution is -0.113. The summed E-state index contributed by atoms with van der Waals surface area (Å²) in [5, 5.41) is 12.2. The molecule has 3 aromatic rings. The van der Waals surface area contributed by atoms with Gasteiger partial charge in [-0.1, -0.05) is 33.8 Å². The van der Waals surface area contributed by atoms with E-state index in [1.807, 2.05) is 54.0 Å². The summed E-state index contributed by atoms with van der Waals surface area (Å²) in [5.41, 5.74) is 1.80. The summed E-state index contributed by atoms with van der Waals surface area (Å²) in [6, 6.07) is 13.3. The summed E-state index contributed by atoms with van der Waals surface area (Å²) in [7, 11) is 3.23. The number of hydrogen-bond acceptors (Lipinski definition) is 6. The highest BCUT2D eigenvalue weighted by molar-refractivity contribution is 9.10. The molecule has 0 atom stereocenters. The number of methoxy groups -OCH3 is 2. The van der Waals surface area contributed by atoms with Crippen LogP contribution in [-0.4, -0.2) is 40.6 Å². The number of anilines is 1. The predicted molar refractivity (Wildman–Crippen MR) is 122 cm³/mol. The second-order valence-corrected chi connectivity index (χ2v) is 8.21. The Hall–Kier alpha value is -2.52. The Labute approximate surface area is 188 Å². The van der Waals surface area contributed by atoms with E-state index < -0.39 is 0 Å². The molecule has 158 valence electrons. The van der Waals surface area contributed by atoms with Crippen molar-refractivity contribution in [3.05, 3.63) is 58.3 Å². The third kappa shape index (κ3) is 5.54. The number of benzene rings is 2. The summed E-state index contributed by atoms with van der Waals surface area (Å²) in [5.74, 6) is 2.36. The van der Waals surface area contributed by atoms with E-state index in [9.17, 15) is 4.79 Å². The first-order valence-electron chi connectivity index (χ1n) is 9.35. The van der Waals surface area contributed by atoms with Gasteiger partial charge in [-0.25, -0.2) is 0 Å². The normalized spacial score (nSPS) is 10.7. The Kier molecular flexibility index (Phi) is 7.75. The van der Waals surface area contributed by atoms with Crippen LogP contribution in [0.5, 0.6) is 11.5 Å². The van der Waals surface area contributed by atoms with Crippen LogP contribution >= 0.6 is 27.7 Å². The molecule has 2 aromatic carbocycles. The zero-order valence-corrected chi connectivity index (χ0v) is 19.4. The molecule has 3 rings (SSSR count). The van der Waals surface area contributed by atoms with Gasteiger partial charge in [-0.05, 0) is 48.9 Å². The molecule has 0 saturated heterocycles. The third-order valence-electron chi connectivity index (χ3n) is 4.38. The van der Waals surface area contributed by atoms with Gasteiger partial charge in [0.25, 0.3) is 0 Å². The van der Waals surface area contributed by atoms with Gasteiger partial charge in [-0.15, -0.1) is 10.2 Å². The molecule has 30 heavy (non-hydrogen) atoms. The molecule has 0 aliphatic rings. The summed E-state index contributed by atoms with van der Waals surface area (Å²) in [4.78, 5) is 12.3. The molecule has 0 bridgehead atoms. The quantitative estimate of drug-likeness (QED) is 0.447. The van der Waals surface area contributed by atoms with Crippen LogP contribution in [0.4, 0.5) is 5.69 Å². The number of rotatable bonds is 9. The minimum atomic E-state index is -0.0885. The molecular weight excluding hydrogens is 468 g/mol. The van der Waals surface area contributed by atoms with Crippen LogP contribution in [0.1, 0.15) is 18.3 Å². The van der Waals surface area contributed by atoms with Gasteiger partial charge in [-0.2, -0.15) is 0 Å². The highest BCUT2D eigenvalue weighted by Crippen LogP contribution is 2.29. The van der Waals surface area contributed by atoms with Crippen LogP contribution in [0.2, 0.25) is 0 Å². The van der Waals surface area contributed by atoms with Crippen molar-refractivity contribution < 1.29 is 14.3 Å². The molecule has 1 aromatic heterocycles. The third-order valence-corrected chi connectivity index (χ3v) is 5.88. The maximum atomic E-state index is 12.3. The Morgan fingerprint density at radius 3 is 2.50 bits per heavy atom. The summed E-state index contributed by atoms with van der Waals surface area (Å²) in [6.45, 7) is 2.75. The Morgan fingerprint density at radius 2 is 1.83 bits per heavy atom. The monoisotopic (exact) mass is 490 g/mol. The Balaban J connectivity index is 1.65. The maximum Gasteiger partial charge on any atom is 0.234 e. The summed E-state index contributed by atoms with van der Waals surface area (Å²) >= 11 is 4.75. The van der Waals surface area contributed by atoms with Gasteiger partial charge in [0, 0.05) is 23.1 Å². The fourth-order valence-electron chi connectivity index (χ4n) is 2.91. The van der Waals surface area contributed by atoms with Crippen LogP contribution in [0.25, 0.3) is 0 Å². The fraction of sp³-hybridized carbons (Fsp3) is 0.286. The molecule has 0 unspecified atom stereocenters. The van der Waals surface area contributed by atoms with Crippen molar-refractivity contribution in [1.82, 2.24) is 14.8 Å². The number of thioether (sulfide) groups is 1. The lowest BCUT2D eigenvalue weighted by Crippen LogP contribution is -2.14. The van der Waals surface area contributed by atoms with Gasteiger partial charge in [-0.3, -0.25) is 4.79 Å². The van der Waals surface area contributed by atoms with Crippen molar-refractivity contribution in [3.8, 4) is 11.5 Å². The topological polar surface area (TPSA) is 78.3 Å². The van der Waals surface area contributed by atoms with Crippen molar-refractivity contribution in [1.29, 1.82) is 0 Å². The lowest BCUT2D eigenvalue weighted by atomic mass is 10.1. The van der Waals surface area contributed by atoms with E-state index in [4.69, 9.17) is 9.47 Å². The van der Waals surface area contributed by atoms with Gasteiger partial charge in [0.1, 0.15) is 5.82 Å². The summed E-state index contributed by atoms with van der Waals surface area (Å²) in [6.07, 6.45) is 0.604. The smallest absolute Gasteiger partial charge is 0.234 e. The second-order valence-electron chi connectivity index (χ2n) is 6.35. The van der Waals surface area contributed by atoms with Gasteiger partial charge in [0.2, 0.25) is 5.91 Å². The highest BCUT2D eigenvalue weighted by atomic mass is 79.9. The number of amides is 1. The van der Waals surface area contributed by atoms with Crippen LogP contribution in [-0.2, 0) is 17.8 Å². The molecule has 0 saturated carbocycles. The number of hydrogen-bond donors (Lipinski definition) is 1. The van der Waals surface area contributed by atoms with E-state index in [0.29, 0.717) is 24.5 Å². The molecular formula is C21H23BrN4O3S. The zero-order chi connectivity index (χ0) is 21.5. The minimum absolute atomic E-state index is 0.0885. The number of nitrogens with one attached hydrogen (secondary N) is 1. The van der Waals surface area contributed by atoms with Crippen LogP contribution in [0.3, 0.4) is 0 Å². The van der Waals surface area contributed by atoms with E-state index in [-0.39, 0.29) is 11.7 Å². The first-order chi connectivity index (χ1) is 14.5. The average molecular weight is 491 g/mol. The van der Waals surface area contributed by atoms with E-state index >= 15 is 0 Å². The summed E-state index contributed by atoms with van der Waals surface area (Å²) < 4.78 is 13.7. The first-order valence-corrected chi connectivity index (χ1v) is 11.1. The van der Waals surface area contributed by atoms with Crippen molar-refractivity contribution in [3.63, 3.8) is 0 Å². The van der Waals surface area contributed by atoms with Gasteiger partial charge in [0.05, 0.1) is 20.0 Å². The van der Waals surface area contributed by atoms with Gasteiger partial charge >= 0.3 is 0 Å². The fourth-order valence-corrected chi connectivity index (χ4v) is 3.99. The molecule has 1 heterocycles. The highest BCUT2D eigenvalue weighted by Gasteiger charge is 2.15. The number of halogens is 1. The number of ether oxygens (including phenoxy) is 2. The van der Waals surface area contributed by atoms with Crippen molar-refractivity contribution in [2.75, 3.05) is 25.3 Å². The molecule has 0 spiro atoms. The lowest BCUT2D eigenvalue weighted by Gasteiger charge is -2.10. The van der Waals surface area contributed by atoms with E-state index in [1.165, 1.54) is 11.8 Å². The van der Waals surface area contributed by atoms with Gasteiger partial charge in [0.15, 0.2) is 16.7 Å². The molecule has 1 amide bonds. The van der Waals surface area contributed by atoms with Crippen LogP contribution in [0.15, 0.2) is 52.1 Å². The average Bonchev–Trinajstić information content (AvgIpc) is 3.15. The number of carbonyl (C=O) groups is 1. The van der Waals surface area contributed by atoms with E-state index in [1.54, 1.807) is 14.2 Å². The standard InChI is InChI=1S/C21H23BrN4O3S/c1-4-26-19(12-14-5-10-17(28-2)18(11-14)29-3)24-25-21(26)30-13-20(27)23-16-8-6-15(22)7-9-16/h5-11H,4,12-13H2,1-3H3,(H,23,27). The first kappa shape index (κ1) is 22.2. The maximum absolute atomic E-state index is 12.3. The molecule has 0 fully saturated rings. The van der Waals surface area contributed by atoms with Crippen molar-refractivity contribution in [2.24, 2.45) is 0 Å².